The number of rotatable bonds is 2. The first-order valence-corrected chi connectivity index (χ1v) is 7.03. The predicted molar refractivity (Wildman–Crippen MR) is 81.1 cm³/mol. The van der Waals surface area contributed by atoms with Gasteiger partial charge in [0.15, 0.2) is 11.6 Å². The number of furan rings is 1. The van der Waals surface area contributed by atoms with Gasteiger partial charge in [0.05, 0.1) is 11.8 Å². The standard InChI is InChI=1S/C15H9F3N6O/c16-15(17,18)9-4-1-3-8(7-9)12-21-13(19)22-14-20-11(23-24(12)14)10-5-2-6-25-10/h1-7H,(H2,19,20,22,23). The van der Waals surface area contributed by atoms with Gasteiger partial charge in [-0.25, -0.2) is 0 Å². The van der Waals surface area contributed by atoms with Crippen LogP contribution < -0.4 is 5.73 Å². The highest BCUT2D eigenvalue weighted by molar-refractivity contribution is 5.62. The highest BCUT2D eigenvalue weighted by atomic mass is 19.4. The van der Waals surface area contributed by atoms with Crippen molar-refractivity contribution in [2.45, 2.75) is 6.18 Å². The van der Waals surface area contributed by atoms with E-state index < -0.39 is 11.7 Å². The number of fused-ring (bicyclic) bond motifs is 1. The molecule has 0 saturated carbocycles. The molecule has 0 fully saturated rings. The SMILES string of the molecule is Nc1nc(-c2cccc(C(F)(F)F)c2)n2nc(-c3ccco3)nc2n1. The quantitative estimate of drug-likeness (QED) is 0.599. The Morgan fingerprint density at radius 2 is 1.88 bits per heavy atom. The van der Waals surface area contributed by atoms with Crippen molar-refractivity contribution >= 4 is 11.7 Å². The summed E-state index contributed by atoms with van der Waals surface area (Å²) < 4.78 is 45.3. The van der Waals surface area contributed by atoms with Gasteiger partial charge in [0.25, 0.3) is 5.78 Å². The van der Waals surface area contributed by atoms with E-state index in [0.717, 1.165) is 12.1 Å². The Morgan fingerprint density at radius 1 is 1.04 bits per heavy atom. The summed E-state index contributed by atoms with van der Waals surface area (Å²) in [7, 11) is 0. The number of nitrogens with zero attached hydrogens (tertiary/aromatic N) is 5. The molecular formula is C15H9F3N6O. The third-order valence-corrected chi connectivity index (χ3v) is 3.42. The Balaban J connectivity index is 1.93. The minimum absolute atomic E-state index is 0.0962. The largest absolute Gasteiger partial charge is 0.461 e. The minimum atomic E-state index is -4.48. The molecule has 0 unspecified atom stereocenters. The van der Waals surface area contributed by atoms with Gasteiger partial charge in [0, 0.05) is 5.56 Å². The van der Waals surface area contributed by atoms with Crippen molar-refractivity contribution in [1.29, 1.82) is 0 Å². The van der Waals surface area contributed by atoms with E-state index in [1.807, 2.05) is 0 Å². The molecule has 10 heteroatoms. The van der Waals surface area contributed by atoms with Crippen molar-refractivity contribution in [3.8, 4) is 23.0 Å². The molecule has 3 heterocycles. The molecule has 2 N–H and O–H groups in total. The lowest BCUT2D eigenvalue weighted by molar-refractivity contribution is -0.137. The van der Waals surface area contributed by atoms with Gasteiger partial charge in [-0.1, -0.05) is 12.1 Å². The number of hydrogen-bond acceptors (Lipinski definition) is 6. The fourth-order valence-electron chi connectivity index (χ4n) is 2.33. The molecule has 7 nitrogen and oxygen atoms in total. The molecule has 3 aromatic heterocycles. The van der Waals surface area contributed by atoms with Gasteiger partial charge in [-0.15, -0.1) is 5.10 Å². The summed E-state index contributed by atoms with van der Waals surface area (Å²) >= 11 is 0. The van der Waals surface area contributed by atoms with Crippen LogP contribution in [0.4, 0.5) is 19.1 Å². The van der Waals surface area contributed by atoms with Crippen molar-refractivity contribution in [2.24, 2.45) is 0 Å². The molecule has 0 aliphatic carbocycles. The number of benzene rings is 1. The lowest BCUT2D eigenvalue weighted by Crippen LogP contribution is -2.07. The fraction of sp³-hybridized carbons (Fsp3) is 0.0667. The first-order valence-electron chi connectivity index (χ1n) is 7.03. The molecule has 4 rings (SSSR count). The van der Waals surface area contributed by atoms with Gasteiger partial charge >= 0.3 is 6.18 Å². The first-order chi connectivity index (χ1) is 11.9. The van der Waals surface area contributed by atoms with Crippen LogP contribution in [0.3, 0.4) is 0 Å². The second-order valence-electron chi connectivity index (χ2n) is 5.11. The van der Waals surface area contributed by atoms with Crippen LogP contribution in [0.5, 0.6) is 0 Å². The number of nitrogens with two attached hydrogens (primary N) is 1. The van der Waals surface area contributed by atoms with Crippen molar-refractivity contribution in [2.75, 3.05) is 5.73 Å². The summed E-state index contributed by atoms with van der Waals surface area (Å²) in [5.74, 6) is 0.681. The Morgan fingerprint density at radius 3 is 2.60 bits per heavy atom. The third kappa shape index (κ3) is 2.67. The smallest absolute Gasteiger partial charge is 0.416 e. The molecule has 0 atom stereocenters. The maximum Gasteiger partial charge on any atom is 0.416 e. The number of alkyl halides is 3. The van der Waals surface area contributed by atoms with E-state index in [2.05, 4.69) is 20.1 Å². The van der Waals surface area contributed by atoms with Crippen molar-refractivity contribution in [1.82, 2.24) is 24.6 Å². The lowest BCUT2D eigenvalue weighted by Gasteiger charge is -2.09. The zero-order valence-corrected chi connectivity index (χ0v) is 12.4. The van der Waals surface area contributed by atoms with Crippen LogP contribution in [0.15, 0.2) is 47.1 Å². The Hall–Kier alpha value is -3.43. The van der Waals surface area contributed by atoms with Crippen LogP contribution in [0.2, 0.25) is 0 Å². The molecule has 0 saturated heterocycles. The normalized spacial score (nSPS) is 12.0. The maximum absolute atomic E-state index is 13.0. The molecule has 25 heavy (non-hydrogen) atoms. The predicted octanol–water partition coefficient (Wildman–Crippen LogP) is 3.05. The Kier molecular flexibility index (Phi) is 3.20. The van der Waals surface area contributed by atoms with E-state index in [1.54, 1.807) is 12.1 Å². The highest BCUT2D eigenvalue weighted by Crippen LogP contribution is 2.32. The van der Waals surface area contributed by atoms with Crippen LogP contribution >= 0.6 is 0 Å². The van der Waals surface area contributed by atoms with Gasteiger partial charge in [0.1, 0.15) is 0 Å². The molecule has 1 aromatic carbocycles. The van der Waals surface area contributed by atoms with Gasteiger partial charge in [0.2, 0.25) is 11.8 Å². The minimum Gasteiger partial charge on any atom is -0.461 e. The van der Waals surface area contributed by atoms with Crippen LogP contribution in [-0.2, 0) is 6.18 Å². The number of halogens is 3. The van der Waals surface area contributed by atoms with Gasteiger partial charge in [-0.2, -0.15) is 32.6 Å². The second-order valence-corrected chi connectivity index (χ2v) is 5.11. The van der Waals surface area contributed by atoms with Crippen molar-refractivity contribution < 1.29 is 17.6 Å². The number of anilines is 1. The average molecular weight is 346 g/mol. The Bertz CT molecular complexity index is 1060. The summed E-state index contributed by atoms with van der Waals surface area (Å²) in [6.07, 6.45) is -3.02. The monoisotopic (exact) mass is 346 g/mol. The summed E-state index contributed by atoms with van der Waals surface area (Å²) in [4.78, 5) is 12.2. The molecule has 126 valence electrons. The molecule has 0 aliphatic rings. The van der Waals surface area contributed by atoms with Crippen LogP contribution in [0, 0.1) is 0 Å². The first kappa shape index (κ1) is 15.1. The summed E-state index contributed by atoms with van der Waals surface area (Å²) in [6.45, 7) is 0. The van der Waals surface area contributed by atoms with E-state index in [-0.39, 0.29) is 28.9 Å². The number of aromatic nitrogens is 5. The van der Waals surface area contributed by atoms with E-state index in [1.165, 1.54) is 22.9 Å². The number of nitrogen functional groups attached to an aromatic ring is 1. The van der Waals surface area contributed by atoms with E-state index >= 15 is 0 Å². The second kappa shape index (κ2) is 5.30. The Labute approximate surface area is 138 Å². The summed E-state index contributed by atoms with van der Waals surface area (Å²) in [5, 5.41) is 4.21. The summed E-state index contributed by atoms with van der Waals surface area (Å²) in [6, 6.07) is 8.01. The molecular weight excluding hydrogens is 337 g/mol. The maximum atomic E-state index is 13.0. The zero-order chi connectivity index (χ0) is 17.6. The van der Waals surface area contributed by atoms with Gasteiger partial charge in [-0.05, 0) is 24.3 Å². The molecule has 0 amide bonds. The number of hydrogen-bond donors (Lipinski definition) is 1. The topological polar surface area (TPSA) is 95.1 Å². The lowest BCUT2D eigenvalue weighted by atomic mass is 10.1. The van der Waals surface area contributed by atoms with Gasteiger partial charge in [-0.3, -0.25) is 0 Å². The van der Waals surface area contributed by atoms with E-state index in [0.29, 0.717) is 5.76 Å². The zero-order valence-electron chi connectivity index (χ0n) is 12.4. The van der Waals surface area contributed by atoms with Gasteiger partial charge < -0.3 is 10.2 Å². The molecule has 0 bridgehead atoms. The van der Waals surface area contributed by atoms with E-state index in [9.17, 15) is 13.2 Å². The fourth-order valence-corrected chi connectivity index (χ4v) is 2.33. The molecule has 0 radical (unpaired) electrons. The van der Waals surface area contributed by atoms with Crippen LogP contribution in [-0.4, -0.2) is 24.6 Å². The highest BCUT2D eigenvalue weighted by Gasteiger charge is 2.31. The molecule has 0 aliphatic heterocycles. The van der Waals surface area contributed by atoms with Crippen LogP contribution in [0.25, 0.3) is 28.8 Å². The van der Waals surface area contributed by atoms with Crippen molar-refractivity contribution in [3.05, 3.63) is 48.2 Å². The average Bonchev–Trinajstić information content (AvgIpc) is 3.22. The molecule has 0 spiro atoms. The summed E-state index contributed by atoms with van der Waals surface area (Å²) in [5.41, 5.74) is 5.05. The van der Waals surface area contributed by atoms with E-state index in [4.69, 9.17) is 10.2 Å². The van der Waals surface area contributed by atoms with Crippen molar-refractivity contribution in [3.63, 3.8) is 0 Å². The molecule has 4 aromatic rings. The van der Waals surface area contributed by atoms with Crippen LogP contribution in [0.1, 0.15) is 5.56 Å². The third-order valence-electron chi connectivity index (χ3n) is 3.42.